The van der Waals surface area contributed by atoms with Gasteiger partial charge in [-0.3, -0.25) is 9.69 Å². The lowest BCUT2D eigenvalue weighted by Crippen LogP contribution is -2.50. The Balaban J connectivity index is 0.00000218. The van der Waals surface area contributed by atoms with Gasteiger partial charge in [-0.05, 0) is 66.1 Å². The molecule has 3 aliphatic rings. The van der Waals surface area contributed by atoms with Crippen LogP contribution in [0.15, 0.2) is 48.0 Å². The number of benzene rings is 2. The zero-order valence-corrected chi connectivity index (χ0v) is 18.1. The van der Waals surface area contributed by atoms with Crippen molar-refractivity contribution in [2.75, 3.05) is 26.2 Å². The number of hydrogen-bond acceptors (Lipinski definition) is 3. The summed E-state index contributed by atoms with van der Waals surface area (Å²) in [5.74, 6) is 0.631. The number of rotatable bonds is 6. The maximum Gasteiger partial charge on any atom is 0.309 e. The van der Waals surface area contributed by atoms with Gasteiger partial charge in [0.1, 0.15) is 5.75 Å². The van der Waals surface area contributed by atoms with Crippen molar-refractivity contribution in [3.63, 3.8) is 0 Å². The number of halogens is 1. The summed E-state index contributed by atoms with van der Waals surface area (Å²) in [6.07, 6.45) is 3.19. The van der Waals surface area contributed by atoms with Crippen LogP contribution in [-0.2, 0) is 17.6 Å². The lowest BCUT2D eigenvalue weighted by molar-refractivity contribution is -0.147. The number of carbonyl (C=O) groups is 1. The van der Waals surface area contributed by atoms with E-state index in [9.17, 15) is 4.79 Å². The first-order valence-corrected chi connectivity index (χ1v) is 10.6. The number of aryl methyl sites for hydroxylation is 1. The van der Waals surface area contributed by atoms with Crippen molar-refractivity contribution >= 4 is 23.9 Å². The fraction of sp³-hybridized carbons (Fsp3) is 0.400. The van der Waals surface area contributed by atoms with Gasteiger partial charge in [-0.2, -0.15) is 0 Å². The highest BCUT2D eigenvalue weighted by molar-refractivity contribution is 5.85. The molecule has 1 atom stereocenters. The molecule has 158 valence electrons. The van der Waals surface area contributed by atoms with Crippen molar-refractivity contribution in [1.29, 1.82) is 0 Å². The van der Waals surface area contributed by atoms with E-state index in [1.807, 2.05) is 0 Å². The van der Waals surface area contributed by atoms with Crippen LogP contribution >= 0.6 is 12.4 Å². The van der Waals surface area contributed by atoms with Crippen LogP contribution in [0, 0.1) is 5.92 Å². The van der Waals surface area contributed by atoms with Gasteiger partial charge >= 0.3 is 5.97 Å². The van der Waals surface area contributed by atoms with E-state index in [4.69, 9.17) is 9.84 Å². The molecular formula is C25H28ClNO3. The maximum absolute atomic E-state index is 11.0. The Labute approximate surface area is 184 Å². The lowest BCUT2D eigenvalue weighted by atomic mass is 9.78. The average Bonchev–Trinajstić information content (AvgIpc) is 2.66. The van der Waals surface area contributed by atoms with Gasteiger partial charge in [-0.15, -0.1) is 12.4 Å². The molecule has 1 aliphatic heterocycles. The monoisotopic (exact) mass is 425 g/mol. The molecule has 0 aromatic heterocycles. The van der Waals surface area contributed by atoms with E-state index < -0.39 is 5.97 Å². The number of allylic oxidation sites excluding steroid dienone is 1. The molecule has 1 unspecified atom stereocenters. The van der Waals surface area contributed by atoms with Crippen LogP contribution in [0.4, 0.5) is 0 Å². The largest absolute Gasteiger partial charge is 0.493 e. The van der Waals surface area contributed by atoms with Gasteiger partial charge in [0, 0.05) is 25.6 Å². The molecule has 4 nitrogen and oxygen atoms in total. The topological polar surface area (TPSA) is 49.8 Å². The van der Waals surface area contributed by atoms with Gasteiger partial charge in [-0.25, -0.2) is 0 Å². The summed E-state index contributed by atoms with van der Waals surface area (Å²) in [6.45, 7) is 5.20. The smallest absolute Gasteiger partial charge is 0.309 e. The van der Waals surface area contributed by atoms with Crippen LogP contribution < -0.4 is 4.74 Å². The Morgan fingerprint density at radius 2 is 1.93 bits per heavy atom. The van der Waals surface area contributed by atoms with Gasteiger partial charge in [0.15, 0.2) is 0 Å². The zero-order valence-electron chi connectivity index (χ0n) is 17.3. The first-order valence-electron chi connectivity index (χ1n) is 10.6. The van der Waals surface area contributed by atoms with Crippen molar-refractivity contribution in [1.82, 2.24) is 4.90 Å². The van der Waals surface area contributed by atoms with E-state index in [-0.39, 0.29) is 18.3 Å². The normalized spacial score (nSPS) is 20.4. The van der Waals surface area contributed by atoms with Crippen LogP contribution in [0.2, 0.25) is 0 Å². The molecule has 2 aromatic carbocycles. The Morgan fingerprint density at radius 3 is 2.70 bits per heavy atom. The number of ether oxygens (including phenoxy) is 1. The van der Waals surface area contributed by atoms with Crippen LogP contribution in [0.3, 0.4) is 0 Å². The number of likely N-dealkylation sites (tertiary alicyclic amines) is 1. The molecule has 1 N–H and O–H groups in total. The van der Waals surface area contributed by atoms with Gasteiger partial charge in [0.2, 0.25) is 0 Å². The third kappa shape index (κ3) is 3.86. The summed E-state index contributed by atoms with van der Waals surface area (Å²) in [7, 11) is 0. The number of fused-ring (bicyclic) bond motifs is 2. The highest BCUT2D eigenvalue weighted by Crippen LogP contribution is 2.37. The van der Waals surface area contributed by atoms with E-state index in [0.717, 1.165) is 38.2 Å². The van der Waals surface area contributed by atoms with E-state index in [0.29, 0.717) is 19.0 Å². The highest BCUT2D eigenvalue weighted by Gasteiger charge is 2.33. The van der Waals surface area contributed by atoms with Gasteiger partial charge < -0.3 is 9.84 Å². The van der Waals surface area contributed by atoms with Crippen LogP contribution in [0.1, 0.15) is 41.5 Å². The predicted molar refractivity (Wildman–Crippen MR) is 121 cm³/mol. The van der Waals surface area contributed by atoms with Crippen molar-refractivity contribution in [3.05, 3.63) is 70.3 Å². The van der Waals surface area contributed by atoms with Crippen molar-refractivity contribution < 1.29 is 14.6 Å². The van der Waals surface area contributed by atoms with E-state index in [1.54, 1.807) is 0 Å². The van der Waals surface area contributed by atoms with Crippen LogP contribution in [0.5, 0.6) is 5.75 Å². The molecular weight excluding hydrogens is 398 g/mol. The fourth-order valence-electron chi connectivity index (χ4n) is 4.93. The number of hydrogen-bond donors (Lipinski definition) is 1. The quantitative estimate of drug-likeness (QED) is 0.736. The molecule has 5 rings (SSSR count). The molecule has 5 heteroatoms. The molecule has 2 aliphatic carbocycles. The minimum Gasteiger partial charge on any atom is -0.493 e. The van der Waals surface area contributed by atoms with Gasteiger partial charge in [-0.1, -0.05) is 35.9 Å². The third-order valence-corrected chi connectivity index (χ3v) is 6.84. The average molecular weight is 426 g/mol. The van der Waals surface area contributed by atoms with Gasteiger partial charge in [0.25, 0.3) is 0 Å². The zero-order chi connectivity index (χ0) is 20.0. The predicted octanol–water partition coefficient (Wildman–Crippen LogP) is 4.56. The number of carboxylic acid groups (broad SMARTS) is 1. The molecule has 1 saturated heterocycles. The minimum absolute atomic E-state index is 0. The number of carboxylic acids is 1. The number of nitrogens with zero attached hydrogens (tertiary/aromatic N) is 1. The molecule has 1 fully saturated rings. The summed E-state index contributed by atoms with van der Waals surface area (Å²) in [5.41, 5.74) is 8.37. The second kappa shape index (κ2) is 8.44. The van der Waals surface area contributed by atoms with Crippen LogP contribution in [-0.4, -0.2) is 42.2 Å². The summed E-state index contributed by atoms with van der Waals surface area (Å²) in [5, 5.41) is 9.06. The minimum atomic E-state index is -0.668. The Morgan fingerprint density at radius 1 is 1.13 bits per heavy atom. The van der Waals surface area contributed by atoms with Crippen molar-refractivity contribution in [3.8, 4) is 5.75 Å². The highest BCUT2D eigenvalue weighted by atomic mass is 35.5. The Hall–Kier alpha value is -2.30. The maximum atomic E-state index is 11.0. The molecule has 2 aromatic rings. The SMILES string of the molecule is CC1=C(CN2CC(C(=O)O)C2)CCc2cc(OCC3Cc4ccccc43)ccc21.Cl. The fourth-order valence-corrected chi connectivity index (χ4v) is 4.93. The summed E-state index contributed by atoms with van der Waals surface area (Å²) < 4.78 is 6.14. The molecule has 0 bridgehead atoms. The lowest BCUT2D eigenvalue weighted by Gasteiger charge is -2.38. The van der Waals surface area contributed by atoms with Crippen molar-refractivity contribution in [2.45, 2.75) is 32.1 Å². The standard InChI is InChI=1S/C25H27NO3.ClH/c1-16-19(12-26-13-21(14-26)25(27)28)7-6-18-11-22(8-9-23(16)18)29-15-20-10-17-4-2-3-5-24(17)20;/h2-5,8-9,11,20-21H,6-7,10,12-15H2,1H3,(H,27,28);1H. The molecule has 1 heterocycles. The molecule has 0 saturated carbocycles. The first-order chi connectivity index (χ1) is 14.1. The number of aliphatic carboxylic acids is 1. The molecule has 0 spiro atoms. The van der Waals surface area contributed by atoms with E-state index in [2.05, 4.69) is 54.3 Å². The molecule has 0 radical (unpaired) electrons. The Kier molecular flexibility index (Phi) is 5.90. The van der Waals surface area contributed by atoms with Gasteiger partial charge in [0.05, 0.1) is 12.5 Å². The second-order valence-electron chi connectivity index (χ2n) is 8.69. The summed E-state index contributed by atoms with van der Waals surface area (Å²) in [6, 6.07) is 15.1. The van der Waals surface area contributed by atoms with Crippen LogP contribution in [0.25, 0.3) is 5.57 Å². The summed E-state index contributed by atoms with van der Waals surface area (Å²) in [4.78, 5) is 13.3. The third-order valence-electron chi connectivity index (χ3n) is 6.84. The first kappa shape index (κ1) is 21.0. The second-order valence-corrected chi connectivity index (χ2v) is 8.69. The molecule has 0 amide bonds. The summed E-state index contributed by atoms with van der Waals surface area (Å²) >= 11 is 0. The Bertz CT molecular complexity index is 994. The van der Waals surface area contributed by atoms with E-state index >= 15 is 0 Å². The van der Waals surface area contributed by atoms with E-state index in [1.165, 1.54) is 33.4 Å². The van der Waals surface area contributed by atoms with Crippen molar-refractivity contribution in [2.24, 2.45) is 5.92 Å². The molecule has 30 heavy (non-hydrogen) atoms.